The number of amides is 1. The second-order valence-corrected chi connectivity index (χ2v) is 10.4. The number of hydrogen-bond acceptors (Lipinski definition) is 7. The van der Waals surface area contributed by atoms with Crippen molar-refractivity contribution in [2.75, 3.05) is 18.4 Å². The largest absolute Gasteiger partial charge is 0.298 e. The van der Waals surface area contributed by atoms with E-state index in [-0.39, 0.29) is 36.4 Å². The summed E-state index contributed by atoms with van der Waals surface area (Å²) in [6.45, 7) is 4.03. The number of sulfonamides is 1. The van der Waals surface area contributed by atoms with Gasteiger partial charge in [-0.2, -0.15) is 14.8 Å². The molecular weight excluding hydrogens is 470 g/mol. The van der Waals surface area contributed by atoms with Crippen molar-refractivity contribution in [3.8, 4) is 23.4 Å². The zero-order valence-corrected chi connectivity index (χ0v) is 20.4. The fourth-order valence-corrected chi connectivity index (χ4v) is 5.50. The lowest BCUT2D eigenvalue weighted by molar-refractivity contribution is 0.102. The van der Waals surface area contributed by atoms with E-state index in [1.165, 1.54) is 35.6 Å². The van der Waals surface area contributed by atoms with Crippen molar-refractivity contribution in [1.29, 1.82) is 10.5 Å². The van der Waals surface area contributed by atoms with Gasteiger partial charge in [0.1, 0.15) is 0 Å². The molecule has 0 atom stereocenters. The molecule has 34 heavy (non-hydrogen) atoms. The Labute approximate surface area is 203 Å². The fourth-order valence-electron chi connectivity index (χ4n) is 3.35. The Morgan fingerprint density at radius 2 is 1.71 bits per heavy atom. The Morgan fingerprint density at radius 3 is 2.29 bits per heavy atom. The molecule has 3 rings (SSSR count). The molecule has 1 amide bonds. The van der Waals surface area contributed by atoms with E-state index in [9.17, 15) is 13.2 Å². The van der Waals surface area contributed by atoms with Gasteiger partial charge in [-0.15, -0.1) is 11.3 Å². The minimum atomic E-state index is -3.89. The summed E-state index contributed by atoms with van der Waals surface area (Å²) in [5.41, 5.74) is 4.30. The minimum Gasteiger partial charge on any atom is -0.298 e. The number of hydrogen-bond donors (Lipinski definition) is 1. The molecular formula is C24H23N5O3S2. The van der Waals surface area contributed by atoms with Crippen LogP contribution in [0.5, 0.6) is 0 Å². The molecule has 0 unspecified atom stereocenters. The number of nitrogens with one attached hydrogen (secondary N) is 1. The Hall–Kier alpha value is -3.57. The molecule has 3 aromatic rings. The third-order valence-corrected chi connectivity index (χ3v) is 7.75. The van der Waals surface area contributed by atoms with Gasteiger partial charge in [-0.1, -0.05) is 23.8 Å². The van der Waals surface area contributed by atoms with Crippen LogP contribution < -0.4 is 5.32 Å². The van der Waals surface area contributed by atoms with E-state index in [1.54, 1.807) is 0 Å². The summed E-state index contributed by atoms with van der Waals surface area (Å²) < 4.78 is 26.9. The van der Waals surface area contributed by atoms with Crippen LogP contribution in [0.4, 0.5) is 5.13 Å². The van der Waals surface area contributed by atoms with Crippen LogP contribution in [0.15, 0.2) is 52.7 Å². The standard InChI is InChI=1S/C24H23N5O3S2/c1-17-5-10-21(18(2)15-17)22-16-33-24(27-22)28-23(30)19-6-8-20(9-7-19)34(31,32)29(13-3-11-25)14-4-12-26/h5-10,15-16H,3-4,13-14H2,1-2H3,(H,27,28,30). The summed E-state index contributed by atoms with van der Waals surface area (Å²) in [5.74, 6) is -0.406. The average molecular weight is 494 g/mol. The highest BCUT2D eigenvalue weighted by Crippen LogP contribution is 2.28. The van der Waals surface area contributed by atoms with Crippen LogP contribution in [0, 0.1) is 36.5 Å². The van der Waals surface area contributed by atoms with Crippen LogP contribution in [0.2, 0.25) is 0 Å². The van der Waals surface area contributed by atoms with Crippen molar-refractivity contribution < 1.29 is 13.2 Å². The van der Waals surface area contributed by atoms with E-state index in [0.29, 0.717) is 5.13 Å². The van der Waals surface area contributed by atoms with Gasteiger partial charge in [-0.3, -0.25) is 10.1 Å². The van der Waals surface area contributed by atoms with Crippen LogP contribution in [-0.2, 0) is 10.0 Å². The second-order valence-electron chi connectivity index (χ2n) is 7.56. The van der Waals surface area contributed by atoms with E-state index in [4.69, 9.17) is 10.5 Å². The maximum absolute atomic E-state index is 12.9. The number of carbonyl (C=O) groups is 1. The Morgan fingerprint density at radius 1 is 1.06 bits per heavy atom. The molecule has 0 fully saturated rings. The van der Waals surface area contributed by atoms with Gasteiger partial charge in [0, 0.05) is 42.4 Å². The van der Waals surface area contributed by atoms with Crippen molar-refractivity contribution in [1.82, 2.24) is 9.29 Å². The fraction of sp³-hybridized carbons (Fsp3) is 0.250. The van der Waals surface area contributed by atoms with E-state index in [1.807, 2.05) is 43.5 Å². The topological polar surface area (TPSA) is 127 Å². The highest BCUT2D eigenvalue weighted by atomic mass is 32.2. The number of anilines is 1. The predicted molar refractivity (Wildman–Crippen MR) is 131 cm³/mol. The van der Waals surface area contributed by atoms with Crippen molar-refractivity contribution in [2.45, 2.75) is 31.6 Å². The number of nitriles is 2. The summed E-state index contributed by atoms with van der Waals surface area (Å²) >= 11 is 1.31. The van der Waals surface area contributed by atoms with Gasteiger partial charge in [-0.25, -0.2) is 13.4 Å². The number of rotatable bonds is 9. The molecule has 0 radical (unpaired) electrons. The zero-order chi connectivity index (χ0) is 24.7. The van der Waals surface area contributed by atoms with Crippen molar-refractivity contribution >= 4 is 32.4 Å². The van der Waals surface area contributed by atoms with Crippen LogP contribution in [0.3, 0.4) is 0 Å². The van der Waals surface area contributed by atoms with Gasteiger partial charge < -0.3 is 0 Å². The van der Waals surface area contributed by atoms with Gasteiger partial charge in [-0.05, 0) is 43.7 Å². The molecule has 1 heterocycles. The average Bonchev–Trinajstić information content (AvgIpc) is 3.27. The summed E-state index contributed by atoms with van der Waals surface area (Å²) in [6, 6.07) is 15.5. The number of carbonyl (C=O) groups excluding carboxylic acids is 1. The zero-order valence-electron chi connectivity index (χ0n) is 18.8. The number of nitrogens with zero attached hydrogens (tertiary/aromatic N) is 4. The third-order valence-electron chi connectivity index (χ3n) is 5.08. The molecule has 174 valence electrons. The smallest absolute Gasteiger partial charge is 0.257 e. The molecule has 0 bridgehead atoms. The normalized spacial score (nSPS) is 11.1. The van der Waals surface area contributed by atoms with Gasteiger partial charge in [0.25, 0.3) is 5.91 Å². The molecule has 0 saturated carbocycles. The molecule has 10 heteroatoms. The molecule has 0 aliphatic carbocycles. The predicted octanol–water partition coefficient (Wildman–Crippen LogP) is 4.50. The molecule has 1 N–H and O–H groups in total. The van der Waals surface area contributed by atoms with Crippen LogP contribution in [0.25, 0.3) is 11.3 Å². The summed E-state index contributed by atoms with van der Waals surface area (Å²) in [5, 5.41) is 22.7. The number of aromatic nitrogens is 1. The van der Waals surface area contributed by atoms with Crippen LogP contribution >= 0.6 is 11.3 Å². The van der Waals surface area contributed by atoms with Gasteiger partial charge in [0.15, 0.2) is 5.13 Å². The second kappa shape index (κ2) is 11.0. The van der Waals surface area contributed by atoms with E-state index in [2.05, 4.69) is 16.4 Å². The van der Waals surface area contributed by atoms with Gasteiger partial charge in [0.05, 0.1) is 22.7 Å². The Bertz CT molecular complexity index is 1350. The quantitative estimate of drug-likeness (QED) is 0.468. The maximum Gasteiger partial charge on any atom is 0.257 e. The lowest BCUT2D eigenvalue weighted by atomic mass is 10.0. The lowest BCUT2D eigenvalue weighted by Crippen LogP contribution is -2.32. The summed E-state index contributed by atoms with van der Waals surface area (Å²) in [4.78, 5) is 17.2. The molecule has 2 aromatic carbocycles. The van der Waals surface area contributed by atoms with Gasteiger partial charge >= 0.3 is 0 Å². The van der Waals surface area contributed by atoms with E-state index in [0.717, 1.165) is 26.7 Å². The van der Waals surface area contributed by atoms with E-state index < -0.39 is 15.9 Å². The van der Waals surface area contributed by atoms with Gasteiger partial charge in [0.2, 0.25) is 10.0 Å². The number of aryl methyl sites for hydroxylation is 2. The number of benzene rings is 2. The molecule has 8 nitrogen and oxygen atoms in total. The highest BCUT2D eigenvalue weighted by molar-refractivity contribution is 7.89. The van der Waals surface area contributed by atoms with Crippen molar-refractivity contribution in [2.24, 2.45) is 0 Å². The summed E-state index contributed by atoms with van der Waals surface area (Å²) in [7, 11) is -3.89. The van der Waals surface area contributed by atoms with Crippen molar-refractivity contribution in [3.63, 3.8) is 0 Å². The molecule has 1 aromatic heterocycles. The molecule has 0 saturated heterocycles. The SMILES string of the molecule is Cc1ccc(-c2csc(NC(=O)c3ccc(S(=O)(=O)N(CCC#N)CCC#N)cc3)n2)c(C)c1. The number of thiazole rings is 1. The Balaban J connectivity index is 1.73. The first-order chi connectivity index (χ1) is 16.3. The minimum absolute atomic E-state index is 0.00438. The first-order valence-corrected chi connectivity index (χ1v) is 12.8. The van der Waals surface area contributed by atoms with Crippen LogP contribution in [-0.4, -0.2) is 36.7 Å². The maximum atomic E-state index is 12.9. The van der Waals surface area contributed by atoms with E-state index >= 15 is 0 Å². The van der Waals surface area contributed by atoms with Crippen LogP contribution in [0.1, 0.15) is 34.3 Å². The Kier molecular flexibility index (Phi) is 8.13. The highest BCUT2D eigenvalue weighted by Gasteiger charge is 2.24. The third kappa shape index (κ3) is 5.86. The first-order valence-electron chi connectivity index (χ1n) is 10.4. The molecule has 0 spiro atoms. The lowest BCUT2D eigenvalue weighted by Gasteiger charge is -2.20. The monoisotopic (exact) mass is 493 g/mol. The van der Waals surface area contributed by atoms with Crippen molar-refractivity contribution in [3.05, 3.63) is 64.5 Å². The first kappa shape index (κ1) is 25.1. The molecule has 0 aliphatic rings. The molecule has 0 aliphatic heterocycles. The summed E-state index contributed by atoms with van der Waals surface area (Å²) in [6.07, 6.45) is 0.0339.